The molecule has 0 amide bonds. The number of nitrogens with one attached hydrogen (secondary N) is 1. The van der Waals surface area contributed by atoms with E-state index < -0.39 is 0 Å². The molecule has 0 unspecified atom stereocenters. The zero-order valence-electron chi connectivity index (χ0n) is 11.5. The molecule has 3 nitrogen and oxygen atoms in total. The van der Waals surface area contributed by atoms with Crippen molar-refractivity contribution >= 4 is 10.9 Å². The van der Waals surface area contributed by atoms with E-state index in [1.807, 2.05) is 6.20 Å². The number of aromatic nitrogens is 1. The van der Waals surface area contributed by atoms with Crippen molar-refractivity contribution < 1.29 is 4.74 Å². The molecule has 1 aliphatic rings. The predicted molar refractivity (Wildman–Crippen MR) is 78.7 cm³/mol. The Morgan fingerprint density at radius 3 is 2.68 bits per heavy atom. The minimum atomic E-state index is 0.106. The first-order chi connectivity index (χ1) is 9.30. The van der Waals surface area contributed by atoms with Crippen LogP contribution in [0.2, 0.25) is 0 Å². The molecule has 1 fully saturated rings. The van der Waals surface area contributed by atoms with Gasteiger partial charge >= 0.3 is 0 Å². The van der Waals surface area contributed by atoms with Crippen LogP contribution in [0.15, 0.2) is 24.4 Å². The van der Waals surface area contributed by atoms with Gasteiger partial charge in [0.15, 0.2) is 0 Å². The molecule has 3 N–H and O–H groups in total. The number of rotatable bonds is 3. The van der Waals surface area contributed by atoms with Gasteiger partial charge < -0.3 is 15.5 Å². The summed E-state index contributed by atoms with van der Waals surface area (Å²) in [4.78, 5) is 3.24. The summed E-state index contributed by atoms with van der Waals surface area (Å²) in [6, 6.07) is 6.44. The van der Waals surface area contributed by atoms with E-state index in [1.54, 1.807) is 7.11 Å². The van der Waals surface area contributed by atoms with Crippen molar-refractivity contribution in [2.75, 3.05) is 13.7 Å². The predicted octanol–water partition coefficient (Wildman–Crippen LogP) is 3.34. The first-order valence-corrected chi connectivity index (χ1v) is 7.15. The number of ether oxygens (including phenoxy) is 1. The molecule has 1 heterocycles. The highest BCUT2D eigenvalue weighted by Crippen LogP contribution is 2.44. The van der Waals surface area contributed by atoms with Crippen molar-refractivity contribution in [3.05, 3.63) is 30.0 Å². The summed E-state index contributed by atoms with van der Waals surface area (Å²) < 4.78 is 5.72. The molecule has 1 saturated carbocycles. The molecule has 3 heteroatoms. The van der Waals surface area contributed by atoms with E-state index in [-0.39, 0.29) is 5.41 Å². The Morgan fingerprint density at radius 1 is 1.21 bits per heavy atom. The lowest BCUT2D eigenvalue weighted by atomic mass is 9.69. The van der Waals surface area contributed by atoms with Crippen LogP contribution < -0.4 is 10.5 Å². The Kier molecular flexibility index (Phi) is 3.23. The summed E-state index contributed by atoms with van der Waals surface area (Å²) in [6.45, 7) is 0.708. The molecule has 0 aliphatic heterocycles. The zero-order chi connectivity index (χ0) is 13.3. The van der Waals surface area contributed by atoms with Gasteiger partial charge in [0.25, 0.3) is 0 Å². The van der Waals surface area contributed by atoms with Gasteiger partial charge in [-0.3, -0.25) is 0 Å². The number of benzene rings is 1. The third-order valence-corrected chi connectivity index (χ3v) is 4.66. The average Bonchev–Trinajstić information content (AvgIpc) is 2.95. The van der Waals surface area contributed by atoms with Crippen LogP contribution in [0.25, 0.3) is 10.9 Å². The SMILES string of the molecule is COc1c(C2(CN)CCCCC2)ccc2[nH]ccc12. The first kappa shape index (κ1) is 12.5. The minimum Gasteiger partial charge on any atom is -0.496 e. The monoisotopic (exact) mass is 258 g/mol. The molecule has 102 valence electrons. The number of nitrogens with two attached hydrogens (primary N) is 1. The second kappa shape index (κ2) is 4.89. The van der Waals surface area contributed by atoms with E-state index in [1.165, 1.54) is 43.1 Å². The number of aromatic amines is 1. The lowest BCUT2D eigenvalue weighted by Gasteiger charge is -2.37. The smallest absolute Gasteiger partial charge is 0.132 e. The fourth-order valence-corrected chi connectivity index (χ4v) is 3.56. The Balaban J connectivity index is 2.17. The van der Waals surface area contributed by atoms with Gasteiger partial charge in [-0.2, -0.15) is 0 Å². The molecule has 0 bridgehead atoms. The van der Waals surface area contributed by atoms with Crippen LogP contribution in [0.4, 0.5) is 0 Å². The van der Waals surface area contributed by atoms with E-state index in [0.29, 0.717) is 6.54 Å². The van der Waals surface area contributed by atoms with Gasteiger partial charge in [0.2, 0.25) is 0 Å². The number of fused-ring (bicyclic) bond motifs is 1. The van der Waals surface area contributed by atoms with Crippen LogP contribution in [0.3, 0.4) is 0 Å². The molecule has 3 rings (SSSR count). The summed E-state index contributed by atoms with van der Waals surface area (Å²) in [5.74, 6) is 1.01. The molecule has 0 saturated heterocycles. The van der Waals surface area contributed by atoms with Crippen molar-refractivity contribution in [3.63, 3.8) is 0 Å². The van der Waals surface area contributed by atoms with Gasteiger partial charge in [-0.05, 0) is 25.0 Å². The fourth-order valence-electron chi connectivity index (χ4n) is 3.56. The van der Waals surface area contributed by atoms with E-state index in [9.17, 15) is 0 Å². The summed E-state index contributed by atoms with van der Waals surface area (Å²) in [6.07, 6.45) is 8.19. The number of hydrogen-bond donors (Lipinski definition) is 2. The molecule has 1 aromatic carbocycles. The molecule has 0 spiro atoms. The van der Waals surface area contributed by atoms with Crippen molar-refractivity contribution in [1.29, 1.82) is 0 Å². The van der Waals surface area contributed by atoms with Gasteiger partial charge in [-0.25, -0.2) is 0 Å². The van der Waals surface area contributed by atoms with Gasteiger partial charge in [-0.15, -0.1) is 0 Å². The summed E-state index contributed by atoms with van der Waals surface area (Å²) in [5.41, 5.74) is 8.68. The Labute approximate surface area is 114 Å². The van der Waals surface area contributed by atoms with E-state index in [0.717, 1.165) is 11.3 Å². The molecule has 2 aromatic rings. The van der Waals surface area contributed by atoms with Crippen molar-refractivity contribution in [2.24, 2.45) is 5.73 Å². The topological polar surface area (TPSA) is 51.0 Å². The molecule has 1 aromatic heterocycles. The maximum atomic E-state index is 6.15. The lowest BCUT2D eigenvalue weighted by molar-refractivity contribution is 0.289. The maximum Gasteiger partial charge on any atom is 0.132 e. The van der Waals surface area contributed by atoms with Gasteiger partial charge in [0, 0.05) is 34.6 Å². The molecular weight excluding hydrogens is 236 g/mol. The Bertz CT molecular complexity index is 567. The van der Waals surface area contributed by atoms with Crippen molar-refractivity contribution in [3.8, 4) is 5.75 Å². The van der Waals surface area contributed by atoms with Crippen LogP contribution in [-0.4, -0.2) is 18.6 Å². The van der Waals surface area contributed by atoms with Gasteiger partial charge in [0.05, 0.1) is 7.11 Å². The molecule has 19 heavy (non-hydrogen) atoms. The van der Waals surface area contributed by atoms with Crippen LogP contribution in [0, 0.1) is 0 Å². The Hall–Kier alpha value is -1.48. The molecule has 0 atom stereocenters. The molecule has 1 aliphatic carbocycles. The third kappa shape index (κ3) is 1.93. The van der Waals surface area contributed by atoms with Crippen LogP contribution in [0.1, 0.15) is 37.7 Å². The van der Waals surface area contributed by atoms with Crippen LogP contribution >= 0.6 is 0 Å². The van der Waals surface area contributed by atoms with Crippen LogP contribution in [0.5, 0.6) is 5.75 Å². The maximum absolute atomic E-state index is 6.15. The van der Waals surface area contributed by atoms with Crippen LogP contribution in [-0.2, 0) is 5.41 Å². The highest BCUT2D eigenvalue weighted by Gasteiger charge is 2.35. The van der Waals surface area contributed by atoms with Gasteiger partial charge in [-0.1, -0.05) is 25.3 Å². The van der Waals surface area contributed by atoms with Gasteiger partial charge in [0.1, 0.15) is 5.75 Å². The third-order valence-electron chi connectivity index (χ3n) is 4.66. The Morgan fingerprint density at radius 2 is 2.00 bits per heavy atom. The number of hydrogen-bond acceptors (Lipinski definition) is 2. The average molecular weight is 258 g/mol. The normalized spacial score (nSPS) is 18.6. The summed E-state index contributed by atoms with van der Waals surface area (Å²) in [7, 11) is 1.76. The minimum absolute atomic E-state index is 0.106. The number of H-pyrrole nitrogens is 1. The fraction of sp³-hybridized carbons (Fsp3) is 0.500. The summed E-state index contributed by atoms with van der Waals surface area (Å²) >= 11 is 0. The van der Waals surface area contributed by atoms with E-state index >= 15 is 0 Å². The highest BCUT2D eigenvalue weighted by molar-refractivity contribution is 5.87. The first-order valence-electron chi connectivity index (χ1n) is 7.15. The lowest BCUT2D eigenvalue weighted by Crippen LogP contribution is -2.37. The van der Waals surface area contributed by atoms with E-state index in [4.69, 9.17) is 10.5 Å². The highest BCUT2D eigenvalue weighted by atomic mass is 16.5. The zero-order valence-corrected chi connectivity index (χ0v) is 11.5. The standard InChI is InChI=1S/C16H22N2O/c1-19-15-12-7-10-18-14(12)6-5-13(15)16(11-17)8-3-2-4-9-16/h5-7,10,18H,2-4,8-9,11,17H2,1H3. The second-order valence-electron chi connectivity index (χ2n) is 5.63. The molecular formula is C16H22N2O. The quantitative estimate of drug-likeness (QED) is 0.887. The second-order valence-corrected chi connectivity index (χ2v) is 5.63. The molecule has 0 radical (unpaired) electrons. The largest absolute Gasteiger partial charge is 0.496 e. The van der Waals surface area contributed by atoms with E-state index in [2.05, 4.69) is 23.2 Å². The van der Waals surface area contributed by atoms with Crippen molar-refractivity contribution in [1.82, 2.24) is 4.98 Å². The van der Waals surface area contributed by atoms with Crippen molar-refractivity contribution in [2.45, 2.75) is 37.5 Å². The number of methoxy groups -OCH3 is 1. The summed E-state index contributed by atoms with van der Waals surface area (Å²) in [5, 5.41) is 1.17.